The van der Waals surface area contributed by atoms with Crippen LogP contribution >= 0.6 is 27.5 Å². The number of nitrogens with zero attached hydrogens (tertiary/aromatic N) is 1. The van der Waals surface area contributed by atoms with Gasteiger partial charge < -0.3 is 5.32 Å². The first-order chi connectivity index (χ1) is 7.75. The fourth-order valence-corrected chi connectivity index (χ4v) is 2.25. The van der Waals surface area contributed by atoms with E-state index in [1.807, 2.05) is 18.2 Å². The van der Waals surface area contributed by atoms with Gasteiger partial charge in [-0.2, -0.15) is 0 Å². The van der Waals surface area contributed by atoms with E-state index in [2.05, 4.69) is 26.2 Å². The molecule has 0 amide bonds. The number of nitrogens with one attached hydrogen (secondary N) is 1. The second-order valence-corrected chi connectivity index (χ2v) is 5.21. The number of halogens is 2. The van der Waals surface area contributed by atoms with Crippen LogP contribution in [0.2, 0.25) is 5.02 Å². The van der Waals surface area contributed by atoms with E-state index >= 15 is 0 Å². The van der Waals surface area contributed by atoms with Crippen LogP contribution in [0.5, 0.6) is 0 Å². The average molecular weight is 302 g/mol. The highest BCUT2D eigenvalue weighted by Crippen LogP contribution is 2.26. The lowest BCUT2D eigenvalue weighted by Crippen LogP contribution is -2.11. The summed E-state index contributed by atoms with van der Waals surface area (Å²) in [7, 11) is 0. The lowest BCUT2D eigenvalue weighted by Gasteiger charge is -2.10. The lowest BCUT2D eigenvalue weighted by atomic mass is 10.2. The molecule has 0 unspecified atom stereocenters. The van der Waals surface area contributed by atoms with Crippen molar-refractivity contribution >= 4 is 39.1 Å². The van der Waals surface area contributed by atoms with Gasteiger partial charge in [0.15, 0.2) is 0 Å². The zero-order valence-corrected chi connectivity index (χ0v) is 11.3. The van der Waals surface area contributed by atoms with Crippen LogP contribution in [0.15, 0.2) is 27.7 Å². The summed E-state index contributed by atoms with van der Waals surface area (Å²) in [4.78, 5) is 4.52. The maximum absolute atomic E-state index is 6.12. The first-order valence-corrected chi connectivity index (χ1v) is 6.68. The minimum atomic E-state index is 0.732. The second kappa shape index (κ2) is 5.69. The van der Waals surface area contributed by atoms with Crippen LogP contribution < -0.4 is 5.32 Å². The number of anilines is 1. The van der Waals surface area contributed by atoms with E-state index in [9.17, 15) is 0 Å². The topological polar surface area (TPSA) is 24.4 Å². The second-order valence-electron chi connectivity index (χ2n) is 3.89. The third-order valence-electron chi connectivity index (χ3n) is 2.58. The normalized spacial score (nSPS) is 16.5. The Labute approximate surface area is 109 Å². The van der Waals surface area contributed by atoms with Crippen molar-refractivity contribution < 1.29 is 0 Å². The van der Waals surface area contributed by atoms with Crippen molar-refractivity contribution in [2.24, 2.45) is 4.99 Å². The van der Waals surface area contributed by atoms with Gasteiger partial charge in [0.2, 0.25) is 0 Å². The predicted molar refractivity (Wildman–Crippen MR) is 73.5 cm³/mol. The zero-order chi connectivity index (χ0) is 11.4. The van der Waals surface area contributed by atoms with Crippen molar-refractivity contribution in [1.29, 1.82) is 0 Å². The quantitative estimate of drug-likeness (QED) is 0.812. The van der Waals surface area contributed by atoms with E-state index < -0.39 is 0 Å². The van der Waals surface area contributed by atoms with Crippen molar-refractivity contribution in [2.75, 3.05) is 11.9 Å². The van der Waals surface area contributed by atoms with E-state index in [1.54, 1.807) is 0 Å². The van der Waals surface area contributed by atoms with E-state index in [0.717, 1.165) is 34.0 Å². The molecule has 1 aromatic carbocycles. The number of amidine groups is 1. The molecule has 1 aliphatic heterocycles. The summed E-state index contributed by atoms with van der Waals surface area (Å²) in [6, 6.07) is 5.80. The molecule has 2 nitrogen and oxygen atoms in total. The minimum absolute atomic E-state index is 0.732. The molecule has 4 heteroatoms. The highest BCUT2D eigenvalue weighted by Gasteiger charge is 2.07. The molecule has 16 heavy (non-hydrogen) atoms. The average Bonchev–Trinajstić information content (AvgIpc) is 2.52. The molecule has 0 aliphatic carbocycles. The Hall–Kier alpha value is -0.540. The number of aliphatic imine (C=N–C) groups is 1. The molecule has 0 radical (unpaired) electrons. The Bertz CT molecular complexity index is 404. The predicted octanol–water partition coefficient (Wildman–Crippen LogP) is 4.49. The Balaban J connectivity index is 2.13. The summed E-state index contributed by atoms with van der Waals surface area (Å²) in [6.45, 7) is 0.925. The molecule has 0 fully saturated rings. The van der Waals surface area contributed by atoms with Crippen molar-refractivity contribution in [1.82, 2.24) is 0 Å². The number of rotatable bonds is 1. The molecular weight excluding hydrogens is 288 g/mol. The zero-order valence-electron chi connectivity index (χ0n) is 8.97. The summed E-state index contributed by atoms with van der Waals surface area (Å²) < 4.78 is 1.02. The molecule has 1 aromatic rings. The number of hydrogen-bond donors (Lipinski definition) is 1. The summed E-state index contributed by atoms with van der Waals surface area (Å²) >= 11 is 9.56. The van der Waals surface area contributed by atoms with Crippen LogP contribution in [-0.4, -0.2) is 12.4 Å². The van der Waals surface area contributed by atoms with Gasteiger partial charge >= 0.3 is 0 Å². The van der Waals surface area contributed by atoms with Gasteiger partial charge in [-0.15, -0.1) is 0 Å². The third kappa shape index (κ3) is 3.22. The maximum atomic E-state index is 6.12. The molecule has 1 aliphatic rings. The molecule has 1 N–H and O–H groups in total. The van der Waals surface area contributed by atoms with E-state index in [0.29, 0.717) is 0 Å². The van der Waals surface area contributed by atoms with Crippen LogP contribution in [-0.2, 0) is 0 Å². The Kier molecular flexibility index (Phi) is 4.24. The van der Waals surface area contributed by atoms with Crippen LogP contribution in [0.1, 0.15) is 25.7 Å². The summed E-state index contributed by atoms with van der Waals surface area (Å²) in [5.74, 6) is 1.05. The fraction of sp³-hybridized carbons (Fsp3) is 0.417. The molecule has 0 saturated carbocycles. The van der Waals surface area contributed by atoms with Crippen LogP contribution in [0, 0.1) is 0 Å². The monoisotopic (exact) mass is 300 g/mol. The Morgan fingerprint density at radius 1 is 1.25 bits per heavy atom. The number of hydrogen-bond acceptors (Lipinski definition) is 2. The molecule has 0 saturated heterocycles. The van der Waals surface area contributed by atoms with E-state index in [-0.39, 0.29) is 0 Å². The van der Waals surface area contributed by atoms with Gasteiger partial charge in [-0.3, -0.25) is 4.99 Å². The highest BCUT2D eigenvalue weighted by molar-refractivity contribution is 9.10. The first-order valence-electron chi connectivity index (χ1n) is 5.51. The number of benzene rings is 1. The third-order valence-corrected chi connectivity index (χ3v) is 3.40. The van der Waals surface area contributed by atoms with Crippen molar-refractivity contribution in [2.45, 2.75) is 25.7 Å². The molecule has 86 valence electrons. The fourth-order valence-electron chi connectivity index (χ4n) is 1.72. The summed E-state index contributed by atoms with van der Waals surface area (Å²) in [5, 5.41) is 4.05. The van der Waals surface area contributed by atoms with Crippen LogP contribution in [0.3, 0.4) is 0 Å². The molecule has 0 bridgehead atoms. The SMILES string of the molecule is Clc1ccc(Br)cc1NC1=NCCCCC1. The van der Waals surface area contributed by atoms with Gasteiger partial charge in [-0.1, -0.05) is 34.0 Å². The van der Waals surface area contributed by atoms with Crippen LogP contribution in [0.25, 0.3) is 0 Å². The van der Waals surface area contributed by atoms with Crippen LogP contribution in [0.4, 0.5) is 5.69 Å². The smallest absolute Gasteiger partial charge is 0.101 e. The van der Waals surface area contributed by atoms with E-state index in [4.69, 9.17) is 11.6 Å². The molecule has 0 spiro atoms. The molecular formula is C12H14BrClN2. The summed E-state index contributed by atoms with van der Waals surface area (Å²) in [6.07, 6.45) is 4.68. The van der Waals surface area contributed by atoms with Crippen molar-refractivity contribution in [3.63, 3.8) is 0 Å². The van der Waals surface area contributed by atoms with Gasteiger partial charge in [0.05, 0.1) is 10.7 Å². The van der Waals surface area contributed by atoms with Gasteiger partial charge in [-0.05, 0) is 31.0 Å². The largest absolute Gasteiger partial charge is 0.343 e. The standard InChI is InChI=1S/C12H14BrClN2/c13-9-5-6-10(14)11(8-9)16-12-4-2-1-3-7-15-12/h5-6,8H,1-4,7H2,(H,15,16). The molecule has 2 rings (SSSR count). The van der Waals surface area contributed by atoms with E-state index in [1.165, 1.54) is 19.3 Å². The van der Waals surface area contributed by atoms with Gasteiger partial charge in [0.25, 0.3) is 0 Å². The molecule has 0 atom stereocenters. The van der Waals surface area contributed by atoms with Crippen molar-refractivity contribution in [3.05, 3.63) is 27.7 Å². The molecule has 1 heterocycles. The van der Waals surface area contributed by atoms with Gasteiger partial charge in [0, 0.05) is 17.4 Å². The maximum Gasteiger partial charge on any atom is 0.101 e. The highest BCUT2D eigenvalue weighted by atomic mass is 79.9. The first kappa shape index (κ1) is 11.9. The summed E-state index contributed by atoms with van der Waals surface area (Å²) in [5.41, 5.74) is 0.927. The van der Waals surface area contributed by atoms with Gasteiger partial charge in [0.1, 0.15) is 5.84 Å². The Morgan fingerprint density at radius 3 is 3.00 bits per heavy atom. The van der Waals surface area contributed by atoms with Gasteiger partial charge in [-0.25, -0.2) is 0 Å². The van der Waals surface area contributed by atoms with Crippen molar-refractivity contribution in [3.8, 4) is 0 Å². The Morgan fingerprint density at radius 2 is 2.12 bits per heavy atom. The lowest BCUT2D eigenvalue weighted by molar-refractivity contribution is 0.731. The molecule has 0 aromatic heterocycles. The minimum Gasteiger partial charge on any atom is -0.343 e.